The van der Waals surface area contributed by atoms with E-state index < -0.39 is 0 Å². The number of rotatable bonds is 5. The van der Waals surface area contributed by atoms with Crippen molar-refractivity contribution < 1.29 is 14.3 Å². The number of thiophene rings is 1. The highest BCUT2D eigenvalue weighted by Crippen LogP contribution is 2.30. The van der Waals surface area contributed by atoms with Crippen molar-refractivity contribution in [3.63, 3.8) is 0 Å². The lowest BCUT2D eigenvalue weighted by molar-refractivity contribution is -0.109. The van der Waals surface area contributed by atoms with E-state index in [0.29, 0.717) is 17.8 Å². The van der Waals surface area contributed by atoms with E-state index in [-0.39, 0.29) is 0 Å². The summed E-state index contributed by atoms with van der Waals surface area (Å²) in [5, 5.41) is 2.56. The van der Waals surface area contributed by atoms with Crippen LogP contribution in [0.5, 0.6) is 0 Å². The zero-order chi connectivity index (χ0) is 17.5. The molecule has 0 aromatic carbocycles. The van der Waals surface area contributed by atoms with Gasteiger partial charge in [0.25, 0.3) is 0 Å². The first kappa shape index (κ1) is 20.7. The first-order chi connectivity index (χ1) is 11.2. The topological polar surface area (TPSA) is 68.3 Å². The van der Waals surface area contributed by atoms with E-state index in [9.17, 15) is 9.59 Å². The molecule has 2 aromatic heterocycles. The third-order valence-electron chi connectivity index (χ3n) is 2.29. The Bertz CT molecular complexity index is 583. The second kappa shape index (κ2) is 13.4. The highest BCUT2D eigenvalue weighted by atomic mass is 32.1. The van der Waals surface area contributed by atoms with E-state index >= 15 is 0 Å². The largest absolute Gasteiger partial charge is 0.388 e. The highest BCUT2D eigenvalue weighted by molar-refractivity contribution is 7.17. The van der Waals surface area contributed by atoms with E-state index in [1.807, 2.05) is 25.1 Å². The summed E-state index contributed by atoms with van der Waals surface area (Å²) in [7, 11) is 3.25. The van der Waals surface area contributed by atoms with Crippen LogP contribution in [-0.2, 0) is 16.1 Å². The number of carbonyl (C=O) groups is 2. The van der Waals surface area contributed by atoms with Crippen molar-refractivity contribution in [2.45, 2.75) is 13.5 Å². The molecule has 23 heavy (non-hydrogen) atoms. The van der Waals surface area contributed by atoms with Crippen LogP contribution in [0.3, 0.4) is 0 Å². The maximum atomic E-state index is 10.9. The number of ether oxygens (including phenoxy) is 1. The summed E-state index contributed by atoms with van der Waals surface area (Å²) in [6.07, 6.45) is 6.60. The summed E-state index contributed by atoms with van der Waals surface area (Å²) in [6, 6.07) is 5.69. The molecule has 0 saturated heterocycles. The number of allylic oxidation sites excluding steroid dienone is 1. The number of aldehydes is 1. The summed E-state index contributed by atoms with van der Waals surface area (Å²) in [6.45, 7) is 5.62. The number of aromatic nitrogens is 1. The maximum Gasteiger partial charge on any atom is 0.207 e. The minimum atomic E-state index is 0.374. The van der Waals surface area contributed by atoms with Crippen molar-refractivity contribution in [2.24, 2.45) is 0 Å². The van der Waals surface area contributed by atoms with Crippen molar-refractivity contribution in [1.29, 1.82) is 0 Å². The fraction of sp³-hybridized carbons (Fsp3) is 0.235. The maximum absolute atomic E-state index is 10.9. The predicted molar refractivity (Wildman–Crippen MR) is 94.6 cm³/mol. The van der Waals surface area contributed by atoms with Gasteiger partial charge in [-0.3, -0.25) is 14.6 Å². The molecule has 124 valence electrons. The molecule has 1 N–H and O–H groups in total. The Balaban J connectivity index is 0.000000704. The van der Waals surface area contributed by atoms with Gasteiger partial charge < -0.3 is 10.1 Å². The SMILES string of the molecule is C=CC.COC.O=CNCc1cc(-c2ccncc2)sc1C=O. The monoisotopic (exact) mass is 334 g/mol. The van der Waals surface area contributed by atoms with Crippen LogP contribution >= 0.6 is 11.3 Å². The molecule has 0 fully saturated rings. The molecular formula is C17H22N2O3S. The lowest BCUT2D eigenvalue weighted by atomic mass is 10.2. The number of nitrogens with one attached hydrogen (secondary N) is 1. The molecule has 6 heteroatoms. The number of hydrogen-bond acceptors (Lipinski definition) is 5. The molecule has 0 bridgehead atoms. The second-order valence-corrected chi connectivity index (χ2v) is 5.25. The number of carbonyl (C=O) groups excluding carboxylic acids is 2. The third-order valence-corrected chi connectivity index (χ3v) is 3.44. The molecule has 0 aliphatic rings. The van der Waals surface area contributed by atoms with Crippen molar-refractivity contribution in [3.8, 4) is 10.4 Å². The van der Waals surface area contributed by atoms with Gasteiger partial charge in [-0.25, -0.2) is 0 Å². The van der Waals surface area contributed by atoms with E-state index in [2.05, 4.69) is 21.6 Å². The van der Waals surface area contributed by atoms with Gasteiger partial charge in [0.1, 0.15) is 0 Å². The van der Waals surface area contributed by atoms with Gasteiger partial charge >= 0.3 is 0 Å². The van der Waals surface area contributed by atoms with Gasteiger partial charge in [-0.15, -0.1) is 17.9 Å². The molecular weight excluding hydrogens is 312 g/mol. The van der Waals surface area contributed by atoms with E-state index in [1.54, 1.807) is 32.7 Å². The smallest absolute Gasteiger partial charge is 0.207 e. The van der Waals surface area contributed by atoms with Crippen molar-refractivity contribution >= 4 is 24.0 Å². The zero-order valence-electron chi connectivity index (χ0n) is 13.6. The molecule has 0 atom stereocenters. The fourth-order valence-electron chi connectivity index (χ4n) is 1.49. The lowest BCUT2D eigenvalue weighted by Crippen LogP contribution is -2.09. The first-order valence-corrected chi connectivity index (χ1v) is 7.62. The number of pyridine rings is 1. The molecule has 2 heterocycles. The molecule has 2 rings (SSSR count). The van der Waals surface area contributed by atoms with E-state index in [4.69, 9.17) is 0 Å². The zero-order valence-corrected chi connectivity index (χ0v) is 14.4. The minimum absolute atomic E-state index is 0.374. The van der Waals surface area contributed by atoms with E-state index in [1.165, 1.54) is 11.3 Å². The Kier molecular flexibility index (Phi) is 12.0. The summed E-state index contributed by atoms with van der Waals surface area (Å²) in [4.78, 5) is 26.8. The van der Waals surface area contributed by atoms with Crippen LogP contribution in [0.4, 0.5) is 0 Å². The Labute approximate surface area is 141 Å². The fourth-order valence-corrected chi connectivity index (χ4v) is 2.49. The number of amides is 1. The van der Waals surface area contributed by atoms with Crippen LogP contribution in [0.15, 0.2) is 43.2 Å². The van der Waals surface area contributed by atoms with Gasteiger partial charge in [-0.1, -0.05) is 6.08 Å². The minimum Gasteiger partial charge on any atom is -0.388 e. The van der Waals surface area contributed by atoms with Crippen LogP contribution in [0.25, 0.3) is 10.4 Å². The van der Waals surface area contributed by atoms with Crippen molar-refractivity contribution in [2.75, 3.05) is 14.2 Å². The quantitative estimate of drug-likeness (QED) is 0.673. The van der Waals surface area contributed by atoms with Gasteiger partial charge in [-0.05, 0) is 36.2 Å². The van der Waals surface area contributed by atoms with Crippen LogP contribution in [0.2, 0.25) is 0 Å². The standard InChI is InChI=1S/C12H10N2O2S.C3H6.C2H6O/c15-7-12-10(6-14-8-16)5-11(17-12)9-1-3-13-4-2-9;2*1-3-2/h1-5,7-8H,6H2,(H,14,16);3H,1H2,2H3;1-2H3. The molecule has 0 radical (unpaired) electrons. The van der Waals surface area contributed by atoms with Gasteiger partial charge in [-0.2, -0.15) is 0 Å². The number of nitrogens with zero attached hydrogens (tertiary/aromatic N) is 1. The van der Waals surface area contributed by atoms with Crippen LogP contribution in [-0.4, -0.2) is 31.9 Å². The Morgan fingerprint density at radius 3 is 2.35 bits per heavy atom. The van der Waals surface area contributed by atoms with Crippen LogP contribution < -0.4 is 5.32 Å². The first-order valence-electron chi connectivity index (χ1n) is 6.80. The average Bonchev–Trinajstić information content (AvgIpc) is 2.98. The van der Waals surface area contributed by atoms with E-state index in [0.717, 1.165) is 22.3 Å². The lowest BCUT2D eigenvalue weighted by Gasteiger charge is -1.95. The molecule has 2 aromatic rings. The van der Waals surface area contributed by atoms with Gasteiger partial charge in [0.2, 0.25) is 6.41 Å². The van der Waals surface area contributed by atoms with Crippen molar-refractivity contribution in [3.05, 3.63) is 53.7 Å². The molecule has 0 saturated carbocycles. The summed E-state index contributed by atoms with van der Waals surface area (Å²) < 4.78 is 4.25. The molecule has 0 unspecified atom stereocenters. The Hall–Kier alpha value is -2.31. The molecule has 1 amide bonds. The second-order valence-electron chi connectivity index (χ2n) is 4.17. The molecule has 0 spiro atoms. The Morgan fingerprint density at radius 1 is 1.30 bits per heavy atom. The highest BCUT2D eigenvalue weighted by Gasteiger charge is 2.09. The predicted octanol–water partition coefficient (Wildman–Crippen LogP) is 3.32. The molecule has 0 aliphatic carbocycles. The van der Waals surface area contributed by atoms with Gasteiger partial charge in [0.05, 0.1) is 4.88 Å². The summed E-state index contributed by atoms with van der Waals surface area (Å²) >= 11 is 1.41. The molecule has 0 aliphatic heterocycles. The number of hydrogen-bond donors (Lipinski definition) is 1. The average molecular weight is 334 g/mol. The van der Waals surface area contributed by atoms with Crippen LogP contribution in [0, 0.1) is 0 Å². The summed E-state index contributed by atoms with van der Waals surface area (Å²) in [5.74, 6) is 0. The number of methoxy groups -OCH3 is 1. The third kappa shape index (κ3) is 8.04. The van der Waals surface area contributed by atoms with Crippen molar-refractivity contribution in [1.82, 2.24) is 10.3 Å². The van der Waals surface area contributed by atoms with Gasteiger partial charge in [0, 0.05) is 38.0 Å². The van der Waals surface area contributed by atoms with Gasteiger partial charge in [0.15, 0.2) is 6.29 Å². The summed E-state index contributed by atoms with van der Waals surface area (Å²) in [5.41, 5.74) is 1.86. The Morgan fingerprint density at radius 2 is 1.87 bits per heavy atom. The molecule has 5 nitrogen and oxygen atoms in total. The normalized spacial score (nSPS) is 8.65. The van der Waals surface area contributed by atoms with Crippen LogP contribution in [0.1, 0.15) is 22.2 Å².